The van der Waals surface area contributed by atoms with E-state index < -0.39 is 0 Å². The maximum atomic E-state index is 11.3. The molecule has 2 unspecified atom stereocenters. The van der Waals surface area contributed by atoms with Crippen molar-refractivity contribution in [2.75, 3.05) is 20.6 Å². The van der Waals surface area contributed by atoms with E-state index in [-0.39, 0.29) is 18.0 Å². The van der Waals surface area contributed by atoms with Crippen LogP contribution < -0.4 is 11.1 Å². The van der Waals surface area contributed by atoms with Gasteiger partial charge in [0.15, 0.2) is 0 Å². The molecule has 1 aromatic rings. The van der Waals surface area contributed by atoms with Crippen LogP contribution in [0.15, 0.2) is 16.5 Å². The van der Waals surface area contributed by atoms with Gasteiger partial charge in [0.1, 0.15) is 11.5 Å². The molecule has 1 amide bonds. The number of nitrogens with zero attached hydrogens (tertiary/aromatic N) is 1. The Morgan fingerprint density at radius 3 is 2.67 bits per heavy atom. The van der Waals surface area contributed by atoms with Crippen LogP contribution in [0.2, 0.25) is 0 Å². The minimum absolute atomic E-state index is 0.0108. The van der Waals surface area contributed by atoms with Crippen LogP contribution in [0.3, 0.4) is 0 Å². The molecule has 1 rings (SSSR count). The molecular formula is C13H23N3O2. The minimum atomic E-state index is -0.0646. The Morgan fingerprint density at radius 1 is 1.56 bits per heavy atom. The Hall–Kier alpha value is -1.33. The Bertz CT molecular complexity index is 387. The van der Waals surface area contributed by atoms with Crippen molar-refractivity contribution >= 4 is 5.91 Å². The van der Waals surface area contributed by atoms with E-state index in [1.165, 1.54) is 0 Å². The first kappa shape index (κ1) is 14.7. The number of nitrogens with one attached hydrogen (secondary N) is 1. The molecule has 0 aliphatic rings. The highest BCUT2D eigenvalue weighted by Gasteiger charge is 2.24. The van der Waals surface area contributed by atoms with Crippen molar-refractivity contribution in [3.63, 3.8) is 0 Å². The summed E-state index contributed by atoms with van der Waals surface area (Å²) >= 11 is 0. The van der Waals surface area contributed by atoms with E-state index >= 15 is 0 Å². The van der Waals surface area contributed by atoms with E-state index in [1.807, 2.05) is 33.0 Å². The number of hydrogen-bond donors (Lipinski definition) is 2. The highest BCUT2D eigenvalue weighted by Crippen LogP contribution is 2.24. The standard InChI is InChI=1S/C13H23N3O2/c1-9-5-6-11(18-9)13(10(2)14)16(4)8-7-12(17)15-3/h5-6,10,13H,7-8,14H2,1-4H3,(H,15,17). The summed E-state index contributed by atoms with van der Waals surface area (Å²) in [5.41, 5.74) is 6.02. The summed E-state index contributed by atoms with van der Waals surface area (Å²) in [6.45, 7) is 4.50. The number of aryl methyl sites for hydroxylation is 1. The molecule has 3 N–H and O–H groups in total. The first-order valence-corrected chi connectivity index (χ1v) is 6.18. The molecule has 0 saturated carbocycles. The second-order valence-corrected chi connectivity index (χ2v) is 4.66. The van der Waals surface area contributed by atoms with Crippen molar-refractivity contribution < 1.29 is 9.21 Å². The predicted molar refractivity (Wildman–Crippen MR) is 71.1 cm³/mol. The van der Waals surface area contributed by atoms with Crippen LogP contribution >= 0.6 is 0 Å². The van der Waals surface area contributed by atoms with Gasteiger partial charge in [-0.1, -0.05) is 0 Å². The molecule has 0 bridgehead atoms. The molecule has 102 valence electrons. The summed E-state index contributed by atoms with van der Waals surface area (Å²) < 4.78 is 5.64. The smallest absolute Gasteiger partial charge is 0.221 e. The molecule has 0 radical (unpaired) electrons. The van der Waals surface area contributed by atoms with Gasteiger partial charge in [-0.05, 0) is 33.0 Å². The lowest BCUT2D eigenvalue weighted by molar-refractivity contribution is -0.121. The monoisotopic (exact) mass is 253 g/mol. The van der Waals surface area contributed by atoms with Gasteiger partial charge >= 0.3 is 0 Å². The van der Waals surface area contributed by atoms with E-state index in [2.05, 4.69) is 10.2 Å². The summed E-state index contributed by atoms with van der Waals surface area (Å²) in [4.78, 5) is 13.3. The molecule has 0 fully saturated rings. The normalized spacial score (nSPS) is 14.6. The van der Waals surface area contributed by atoms with Crippen LogP contribution in [0.4, 0.5) is 0 Å². The van der Waals surface area contributed by atoms with E-state index in [1.54, 1.807) is 7.05 Å². The topological polar surface area (TPSA) is 71.5 Å². The van der Waals surface area contributed by atoms with Crippen LogP contribution in [0.1, 0.15) is 30.9 Å². The van der Waals surface area contributed by atoms with Crippen molar-refractivity contribution in [3.05, 3.63) is 23.7 Å². The minimum Gasteiger partial charge on any atom is -0.465 e. The highest BCUT2D eigenvalue weighted by atomic mass is 16.3. The van der Waals surface area contributed by atoms with Gasteiger partial charge in [0.25, 0.3) is 0 Å². The lowest BCUT2D eigenvalue weighted by Gasteiger charge is -2.29. The molecule has 0 aromatic carbocycles. The van der Waals surface area contributed by atoms with Gasteiger partial charge in [0, 0.05) is 26.1 Å². The first-order chi connectivity index (χ1) is 8.45. The van der Waals surface area contributed by atoms with E-state index in [9.17, 15) is 4.79 Å². The average Bonchev–Trinajstić information content (AvgIpc) is 2.72. The number of carbonyl (C=O) groups is 1. The molecule has 18 heavy (non-hydrogen) atoms. The molecule has 0 spiro atoms. The molecule has 0 saturated heterocycles. The van der Waals surface area contributed by atoms with Crippen molar-refractivity contribution in [1.82, 2.24) is 10.2 Å². The molecule has 0 aliphatic heterocycles. The Labute approximate surface area is 108 Å². The van der Waals surface area contributed by atoms with Gasteiger partial charge in [0.05, 0.1) is 6.04 Å². The third-order valence-corrected chi connectivity index (χ3v) is 3.00. The van der Waals surface area contributed by atoms with Crippen LogP contribution in [0.5, 0.6) is 0 Å². The lowest BCUT2D eigenvalue weighted by Crippen LogP contribution is -2.38. The largest absolute Gasteiger partial charge is 0.465 e. The molecule has 0 aliphatic carbocycles. The molecule has 1 heterocycles. The Morgan fingerprint density at radius 2 is 2.22 bits per heavy atom. The highest BCUT2D eigenvalue weighted by molar-refractivity contribution is 5.75. The van der Waals surface area contributed by atoms with Crippen LogP contribution in [-0.2, 0) is 4.79 Å². The van der Waals surface area contributed by atoms with Crippen molar-refractivity contribution in [3.8, 4) is 0 Å². The number of nitrogens with two attached hydrogens (primary N) is 1. The van der Waals surface area contributed by atoms with Crippen molar-refractivity contribution in [2.45, 2.75) is 32.4 Å². The molecule has 2 atom stereocenters. The molecule has 1 aromatic heterocycles. The maximum absolute atomic E-state index is 11.3. The number of likely N-dealkylation sites (N-methyl/N-ethyl adjacent to an activating group) is 1. The quantitative estimate of drug-likeness (QED) is 0.794. The third-order valence-electron chi connectivity index (χ3n) is 3.00. The molecule has 5 nitrogen and oxygen atoms in total. The first-order valence-electron chi connectivity index (χ1n) is 6.18. The van der Waals surface area contributed by atoms with E-state index in [0.29, 0.717) is 13.0 Å². The lowest BCUT2D eigenvalue weighted by atomic mass is 10.1. The summed E-state index contributed by atoms with van der Waals surface area (Å²) in [7, 11) is 3.59. The number of hydrogen-bond acceptors (Lipinski definition) is 4. The summed E-state index contributed by atoms with van der Waals surface area (Å²) in [5.74, 6) is 1.75. The zero-order valence-corrected chi connectivity index (χ0v) is 11.6. The number of carbonyl (C=O) groups excluding carboxylic acids is 1. The summed E-state index contributed by atoms with van der Waals surface area (Å²) in [5, 5.41) is 2.61. The van der Waals surface area contributed by atoms with Gasteiger partial charge in [-0.25, -0.2) is 0 Å². The van der Waals surface area contributed by atoms with Crippen molar-refractivity contribution in [1.29, 1.82) is 0 Å². The zero-order chi connectivity index (χ0) is 13.7. The maximum Gasteiger partial charge on any atom is 0.221 e. The predicted octanol–water partition coefficient (Wildman–Crippen LogP) is 1.04. The second-order valence-electron chi connectivity index (χ2n) is 4.66. The summed E-state index contributed by atoms with van der Waals surface area (Å²) in [6, 6.07) is 3.80. The van der Waals surface area contributed by atoms with Gasteiger partial charge < -0.3 is 15.5 Å². The van der Waals surface area contributed by atoms with Gasteiger partial charge in [-0.2, -0.15) is 0 Å². The van der Waals surface area contributed by atoms with Gasteiger partial charge in [-0.3, -0.25) is 9.69 Å². The van der Waals surface area contributed by atoms with Crippen molar-refractivity contribution in [2.24, 2.45) is 5.73 Å². The zero-order valence-electron chi connectivity index (χ0n) is 11.6. The molecule has 5 heteroatoms. The third kappa shape index (κ3) is 3.85. The number of amides is 1. The van der Waals surface area contributed by atoms with E-state index in [4.69, 9.17) is 10.2 Å². The second kappa shape index (κ2) is 6.56. The fourth-order valence-electron chi connectivity index (χ4n) is 2.03. The van der Waals surface area contributed by atoms with Gasteiger partial charge in [-0.15, -0.1) is 0 Å². The SMILES string of the molecule is CNC(=O)CCN(C)C(c1ccc(C)o1)C(C)N. The fourth-order valence-corrected chi connectivity index (χ4v) is 2.03. The average molecular weight is 253 g/mol. The number of furan rings is 1. The van der Waals surface area contributed by atoms with Crippen LogP contribution in [0, 0.1) is 6.92 Å². The van der Waals surface area contributed by atoms with Crippen LogP contribution in [-0.4, -0.2) is 37.5 Å². The van der Waals surface area contributed by atoms with E-state index in [0.717, 1.165) is 11.5 Å². The molecular weight excluding hydrogens is 230 g/mol. The Kier molecular flexibility index (Phi) is 5.37. The van der Waals surface area contributed by atoms with Gasteiger partial charge in [0.2, 0.25) is 5.91 Å². The number of rotatable bonds is 6. The van der Waals surface area contributed by atoms with Crippen LogP contribution in [0.25, 0.3) is 0 Å². The summed E-state index contributed by atoms with van der Waals surface area (Å²) in [6.07, 6.45) is 0.454. The Balaban J connectivity index is 2.70. The fraction of sp³-hybridized carbons (Fsp3) is 0.615.